The molecule has 5 heteroatoms. The van der Waals surface area contributed by atoms with E-state index in [-0.39, 0.29) is 10.8 Å². The Kier molecular flexibility index (Phi) is 3.71. The number of ether oxygens (including phenoxy) is 2. The molecule has 4 nitrogen and oxygen atoms in total. The summed E-state index contributed by atoms with van der Waals surface area (Å²) in [5.41, 5.74) is 0.850. The van der Waals surface area contributed by atoms with Crippen molar-refractivity contribution in [1.82, 2.24) is 5.32 Å². The van der Waals surface area contributed by atoms with Gasteiger partial charge in [0.2, 0.25) is 0 Å². The molecule has 1 fully saturated rings. The zero-order chi connectivity index (χ0) is 13.2. The van der Waals surface area contributed by atoms with Gasteiger partial charge in [0.1, 0.15) is 24.0 Å². The summed E-state index contributed by atoms with van der Waals surface area (Å²) in [5, 5.41) is 13.9. The van der Waals surface area contributed by atoms with Crippen molar-refractivity contribution in [2.24, 2.45) is 5.92 Å². The maximum absolute atomic E-state index is 10.2. The third kappa shape index (κ3) is 2.60. The molecular formula is C14H18ClNO3. The van der Waals surface area contributed by atoms with Gasteiger partial charge in [0, 0.05) is 0 Å². The Labute approximate surface area is 117 Å². The largest absolute Gasteiger partial charge is 0.506 e. The third-order valence-electron chi connectivity index (χ3n) is 3.74. The van der Waals surface area contributed by atoms with Crippen LogP contribution in [0.15, 0.2) is 6.07 Å². The van der Waals surface area contributed by atoms with Gasteiger partial charge < -0.3 is 19.9 Å². The molecule has 2 heterocycles. The molecule has 0 bridgehead atoms. The van der Waals surface area contributed by atoms with E-state index in [9.17, 15) is 5.11 Å². The first-order valence-electron chi connectivity index (χ1n) is 6.76. The summed E-state index contributed by atoms with van der Waals surface area (Å²) < 4.78 is 11.0. The van der Waals surface area contributed by atoms with Gasteiger partial charge in [0.05, 0.1) is 0 Å². The van der Waals surface area contributed by atoms with E-state index in [2.05, 4.69) is 5.32 Å². The number of halogens is 1. The molecule has 0 radical (unpaired) electrons. The lowest BCUT2D eigenvalue weighted by molar-refractivity contribution is 0.170. The van der Waals surface area contributed by atoms with Gasteiger partial charge in [-0.1, -0.05) is 11.6 Å². The van der Waals surface area contributed by atoms with Crippen LogP contribution in [-0.4, -0.2) is 31.4 Å². The SMILES string of the molecule is Oc1c(CC2CCCNC2)cc2c(c1Cl)OCCO2. The number of rotatable bonds is 2. The number of hydrogen-bond donors (Lipinski definition) is 2. The summed E-state index contributed by atoms with van der Waals surface area (Å²) in [6.07, 6.45) is 3.18. The van der Waals surface area contributed by atoms with Gasteiger partial charge in [-0.05, 0) is 49.9 Å². The van der Waals surface area contributed by atoms with Crippen molar-refractivity contribution >= 4 is 11.6 Å². The first-order chi connectivity index (χ1) is 9.25. The number of phenols is 1. The highest BCUT2D eigenvalue weighted by molar-refractivity contribution is 6.33. The minimum Gasteiger partial charge on any atom is -0.506 e. The smallest absolute Gasteiger partial charge is 0.183 e. The van der Waals surface area contributed by atoms with Crippen LogP contribution < -0.4 is 14.8 Å². The highest BCUT2D eigenvalue weighted by Crippen LogP contribution is 2.45. The lowest BCUT2D eigenvalue weighted by Gasteiger charge is -2.25. The lowest BCUT2D eigenvalue weighted by Crippen LogP contribution is -2.30. The maximum atomic E-state index is 10.2. The van der Waals surface area contributed by atoms with Gasteiger partial charge in [-0.2, -0.15) is 0 Å². The predicted molar refractivity (Wildman–Crippen MR) is 73.4 cm³/mol. The first kappa shape index (κ1) is 12.9. The average molecular weight is 284 g/mol. The van der Waals surface area contributed by atoms with Gasteiger partial charge >= 0.3 is 0 Å². The molecule has 1 aromatic carbocycles. The molecule has 19 heavy (non-hydrogen) atoms. The van der Waals surface area contributed by atoms with E-state index in [4.69, 9.17) is 21.1 Å². The molecule has 104 valence electrons. The number of nitrogens with one attached hydrogen (secondary N) is 1. The van der Waals surface area contributed by atoms with Crippen LogP contribution in [0, 0.1) is 5.92 Å². The molecular weight excluding hydrogens is 266 g/mol. The van der Waals surface area contributed by atoms with E-state index in [0.717, 1.165) is 25.1 Å². The highest BCUT2D eigenvalue weighted by Gasteiger charge is 2.23. The summed E-state index contributed by atoms with van der Waals surface area (Å²) in [4.78, 5) is 0. The molecule has 0 spiro atoms. The van der Waals surface area contributed by atoms with E-state index < -0.39 is 0 Å². The number of aromatic hydroxyl groups is 1. The van der Waals surface area contributed by atoms with Crippen molar-refractivity contribution in [3.8, 4) is 17.2 Å². The third-order valence-corrected chi connectivity index (χ3v) is 4.09. The number of phenolic OH excluding ortho intramolecular Hbond substituents is 1. The Balaban J connectivity index is 1.86. The van der Waals surface area contributed by atoms with E-state index in [1.54, 1.807) is 0 Å². The Hall–Kier alpha value is -1.13. The van der Waals surface area contributed by atoms with Crippen LogP contribution in [0.5, 0.6) is 17.2 Å². The minimum absolute atomic E-state index is 0.136. The molecule has 0 saturated carbocycles. The van der Waals surface area contributed by atoms with Crippen molar-refractivity contribution in [2.45, 2.75) is 19.3 Å². The fourth-order valence-electron chi connectivity index (χ4n) is 2.75. The molecule has 0 amide bonds. The Morgan fingerprint density at radius 1 is 1.37 bits per heavy atom. The van der Waals surface area contributed by atoms with Crippen LogP contribution in [0.2, 0.25) is 5.02 Å². The molecule has 2 aliphatic heterocycles. The van der Waals surface area contributed by atoms with Gasteiger partial charge in [-0.25, -0.2) is 0 Å². The molecule has 2 N–H and O–H groups in total. The Bertz CT molecular complexity index is 472. The number of piperidine rings is 1. The summed E-state index contributed by atoms with van der Waals surface area (Å²) >= 11 is 6.16. The summed E-state index contributed by atoms with van der Waals surface area (Å²) in [7, 11) is 0. The minimum atomic E-state index is 0.136. The molecule has 0 aliphatic carbocycles. The second kappa shape index (κ2) is 5.47. The molecule has 1 saturated heterocycles. The van der Waals surface area contributed by atoms with E-state index in [1.165, 1.54) is 12.8 Å². The summed E-state index contributed by atoms with van der Waals surface area (Å²) in [6, 6.07) is 1.87. The number of benzene rings is 1. The normalized spacial score (nSPS) is 22.3. The second-order valence-corrected chi connectivity index (χ2v) is 5.52. The molecule has 1 unspecified atom stereocenters. The zero-order valence-corrected chi connectivity index (χ0v) is 11.5. The lowest BCUT2D eigenvalue weighted by atomic mass is 9.91. The van der Waals surface area contributed by atoms with Crippen molar-refractivity contribution in [3.63, 3.8) is 0 Å². The van der Waals surface area contributed by atoms with Gasteiger partial charge in [-0.15, -0.1) is 0 Å². The topological polar surface area (TPSA) is 50.7 Å². The summed E-state index contributed by atoms with van der Waals surface area (Å²) in [5.74, 6) is 1.79. The molecule has 0 aromatic heterocycles. The summed E-state index contributed by atoms with van der Waals surface area (Å²) in [6.45, 7) is 3.08. The van der Waals surface area contributed by atoms with Crippen LogP contribution in [0.4, 0.5) is 0 Å². The average Bonchev–Trinajstić information content (AvgIpc) is 2.46. The van der Waals surface area contributed by atoms with Gasteiger partial charge in [0.15, 0.2) is 11.5 Å². The van der Waals surface area contributed by atoms with Gasteiger partial charge in [-0.3, -0.25) is 0 Å². The predicted octanol–water partition coefficient (Wildman–Crippen LogP) is 2.36. The van der Waals surface area contributed by atoms with E-state index in [0.29, 0.717) is 30.6 Å². The van der Waals surface area contributed by atoms with Crippen molar-refractivity contribution in [3.05, 3.63) is 16.7 Å². The number of fused-ring (bicyclic) bond motifs is 1. The zero-order valence-electron chi connectivity index (χ0n) is 10.7. The molecule has 2 aliphatic rings. The number of hydrogen-bond acceptors (Lipinski definition) is 4. The highest BCUT2D eigenvalue weighted by atomic mass is 35.5. The monoisotopic (exact) mass is 283 g/mol. The maximum Gasteiger partial charge on any atom is 0.183 e. The fraction of sp³-hybridized carbons (Fsp3) is 0.571. The van der Waals surface area contributed by atoms with Gasteiger partial charge in [0.25, 0.3) is 0 Å². The molecule has 3 rings (SSSR count). The van der Waals surface area contributed by atoms with E-state index >= 15 is 0 Å². The van der Waals surface area contributed by atoms with Crippen LogP contribution in [0.3, 0.4) is 0 Å². The standard InChI is InChI=1S/C14H18ClNO3/c15-12-13(17)10(6-9-2-1-3-16-8-9)7-11-14(12)19-5-4-18-11/h7,9,16-17H,1-6,8H2. The Morgan fingerprint density at radius 2 is 2.21 bits per heavy atom. The molecule has 1 atom stereocenters. The Morgan fingerprint density at radius 3 is 3.00 bits per heavy atom. The van der Waals surface area contributed by atoms with Crippen LogP contribution in [0.1, 0.15) is 18.4 Å². The first-order valence-corrected chi connectivity index (χ1v) is 7.14. The molecule has 1 aromatic rings. The second-order valence-electron chi connectivity index (χ2n) is 5.14. The van der Waals surface area contributed by atoms with Crippen LogP contribution in [0.25, 0.3) is 0 Å². The fourth-order valence-corrected chi connectivity index (χ4v) is 3.02. The van der Waals surface area contributed by atoms with Crippen molar-refractivity contribution in [2.75, 3.05) is 26.3 Å². The van der Waals surface area contributed by atoms with Crippen LogP contribution in [-0.2, 0) is 6.42 Å². The van der Waals surface area contributed by atoms with Crippen molar-refractivity contribution in [1.29, 1.82) is 0 Å². The van der Waals surface area contributed by atoms with Crippen molar-refractivity contribution < 1.29 is 14.6 Å². The van der Waals surface area contributed by atoms with E-state index in [1.807, 2.05) is 6.07 Å². The van der Waals surface area contributed by atoms with Crippen LogP contribution >= 0.6 is 11.6 Å². The quantitative estimate of drug-likeness (QED) is 0.875.